The molecule has 0 saturated carbocycles. The smallest absolute Gasteiger partial charge is 0.160 e. The van der Waals surface area contributed by atoms with Crippen molar-refractivity contribution in [1.82, 2.24) is 15.0 Å². The van der Waals surface area contributed by atoms with Crippen LogP contribution in [0.15, 0.2) is 188 Å². The number of fused-ring (bicyclic) bond motifs is 2. The minimum Gasteiger partial charge on any atom is -0.264 e. The Morgan fingerprint density at radius 1 is 0.320 bits per heavy atom. The Morgan fingerprint density at radius 2 is 0.820 bits per heavy atom. The first-order valence-corrected chi connectivity index (χ1v) is 16.9. The largest absolute Gasteiger partial charge is 0.264 e. The molecule has 9 rings (SSSR count). The van der Waals surface area contributed by atoms with Gasteiger partial charge in [-0.25, -0.2) is 9.97 Å². The molecule has 0 N–H and O–H groups in total. The highest BCUT2D eigenvalue weighted by atomic mass is 14.9. The van der Waals surface area contributed by atoms with Gasteiger partial charge in [-0.05, 0) is 67.6 Å². The van der Waals surface area contributed by atoms with Crippen molar-refractivity contribution in [2.24, 2.45) is 0 Å². The molecule has 0 aliphatic heterocycles. The summed E-state index contributed by atoms with van der Waals surface area (Å²) in [5, 5.41) is 4.92. The second kappa shape index (κ2) is 12.7. The molecule has 0 aliphatic carbocycles. The summed E-state index contributed by atoms with van der Waals surface area (Å²) in [5.74, 6) is 0.688. The highest BCUT2D eigenvalue weighted by Crippen LogP contribution is 2.44. The first-order valence-electron chi connectivity index (χ1n) is 16.9. The Morgan fingerprint density at radius 3 is 1.46 bits per heavy atom. The standard InChI is InChI=1S/C47H31N3/c1-3-15-32(16-4-1)45-39-24-9-11-26-41(39)46(42-27-12-10-25-40(42)45)35-20-13-19-34(29-35)43-30-44(50-47(49-43)33-17-5-2-6-18-33)38-23-8-7-22-37(38)36-21-14-28-48-31-36/h1-31H. The zero-order valence-corrected chi connectivity index (χ0v) is 27.2. The van der Waals surface area contributed by atoms with E-state index in [0.717, 1.165) is 44.8 Å². The summed E-state index contributed by atoms with van der Waals surface area (Å²) in [4.78, 5) is 14.7. The van der Waals surface area contributed by atoms with Crippen molar-refractivity contribution in [2.75, 3.05) is 0 Å². The summed E-state index contributed by atoms with van der Waals surface area (Å²) in [6, 6.07) is 61.9. The molecular formula is C47H31N3. The molecule has 0 aliphatic rings. The lowest BCUT2D eigenvalue weighted by Gasteiger charge is -2.18. The van der Waals surface area contributed by atoms with Gasteiger partial charge in [-0.1, -0.05) is 158 Å². The lowest BCUT2D eigenvalue weighted by molar-refractivity contribution is 1.18. The summed E-state index contributed by atoms with van der Waals surface area (Å²) in [7, 11) is 0. The van der Waals surface area contributed by atoms with E-state index in [1.165, 1.54) is 38.2 Å². The van der Waals surface area contributed by atoms with Crippen LogP contribution >= 0.6 is 0 Å². The third-order valence-electron chi connectivity index (χ3n) is 9.37. The number of rotatable bonds is 6. The third kappa shape index (κ3) is 5.32. The molecule has 0 atom stereocenters. The van der Waals surface area contributed by atoms with Gasteiger partial charge in [0, 0.05) is 34.6 Å². The van der Waals surface area contributed by atoms with Crippen LogP contribution in [0.4, 0.5) is 0 Å². The fourth-order valence-corrected chi connectivity index (χ4v) is 7.12. The van der Waals surface area contributed by atoms with Crippen LogP contribution in [0.5, 0.6) is 0 Å². The molecule has 2 heterocycles. The highest BCUT2D eigenvalue weighted by Gasteiger charge is 2.18. The highest BCUT2D eigenvalue weighted by molar-refractivity contribution is 6.21. The predicted molar refractivity (Wildman–Crippen MR) is 207 cm³/mol. The molecule has 0 radical (unpaired) electrons. The Labute approximate surface area is 291 Å². The zero-order chi connectivity index (χ0) is 33.3. The van der Waals surface area contributed by atoms with Gasteiger partial charge in [0.15, 0.2) is 5.82 Å². The van der Waals surface area contributed by atoms with Gasteiger partial charge in [-0.2, -0.15) is 0 Å². The first kappa shape index (κ1) is 29.4. The maximum Gasteiger partial charge on any atom is 0.160 e. The molecule has 3 heteroatoms. The average molecular weight is 638 g/mol. The van der Waals surface area contributed by atoms with Gasteiger partial charge in [-0.15, -0.1) is 0 Å². The van der Waals surface area contributed by atoms with Crippen LogP contribution in [0.2, 0.25) is 0 Å². The molecule has 0 bridgehead atoms. The van der Waals surface area contributed by atoms with E-state index in [-0.39, 0.29) is 0 Å². The van der Waals surface area contributed by atoms with Crippen molar-refractivity contribution in [3.05, 3.63) is 188 Å². The number of hydrogen-bond donors (Lipinski definition) is 0. The predicted octanol–water partition coefficient (Wildman–Crippen LogP) is 12.2. The maximum atomic E-state index is 5.19. The van der Waals surface area contributed by atoms with Gasteiger partial charge in [0.2, 0.25) is 0 Å². The quantitative estimate of drug-likeness (QED) is 0.170. The van der Waals surface area contributed by atoms with Crippen molar-refractivity contribution >= 4 is 21.5 Å². The minimum atomic E-state index is 0.688. The Bertz CT molecular complexity index is 2580. The number of pyridine rings is 1. The van der Waals surface area contributed by atoms with Crippen molar-refractivity contribution < 1.29 is 0 Å². The molecule has 9 aromatic rings. The van der Waals surface area contributed by atoms with Crippen LogP contribution in [0.25, 0.3) is 88.8 Å². The second-order valence-electron chi connectivity index (χ2n) is 12.4. The molecule has 0 unspecified atom stereocenters. The van der Waals surface area contributed by atoms with Gasteiger partial charge in [0.05, 0.1) is 11.4 Å². The van der Waals surface area contributed by atoms with Crippen molar-refractivity contribution in [2.45, 2.75) is 0 Å². The van der Waals surface area contributed by atoms with E-state index in [9.17, 15) is 0 Å². The average Bonchev–Trinajstić information content (AvgIpc) is 3.20. The molecule has 50 heavy (non-hydrogen) atoms. The summed E-state index contributed by atoms with van der Waals surface area (Å²) in [5.41, 5.74) is 11.7. The van der Waals surface area contributed by atoms with Crippen molar-refractivity contribution in [3.63, 3.8) is 0 Å². The normalized spacial score (nSPS) is 11.2. The summed E-state index contributed by atoms with van der Waals surface area (Å²) < 4.78 is 0. The van der Waals surface area contributed by atoms with Gasteiger partial charge >= 0.3 is 0 Å². The molecule has 0 saturated heterocycles. The molecule has 0 spiro atoms. The number of nitrogens with zero attached hydrogens (tertiary/aromatic N) is 3. The first-order chi connectivity index (χ1) is 24.8. The lowest BCUT2D eigenvalue weighted by Crippen LogP contribution is -1.97. The topological polar surface area (TPSA) is 38.7 Å². The Kier molecular flexibility index (Phi) is 7.49. The van der Waals surface area contributed by atoms with Crippen LogP contribution in [0.1, 0.15) is 0 Å². The fourth-order valence-electron chi connectivity index (χ4n) is 7.12. The summed E-state index contributed by atoms with van der Waals surface area (Å²) in [6.45, 7) is 0. The van der Waals surface area contributed by atoms with Crippen molar-refractivity contribution in [1.29, 1.82) is 0 Å². The Hall–Kier alpha value is -6.71. The minimum absolute atomic E-state index is 0.688. The van der Waals surface area contributed by atoms with Crippen LogP contribution in [-0.4, -0.2) is 15.0 Å². The van der Waals surface area contributed by atoms with E-state index in [1.54, 1.807) is 6.20 Å². The number of aromatic nitrogens is 3. The van der Waals surface area contributed by atoms with Gasteiger partial charge in [-0.3, -0.25) is 4.98 Å². The van der Waals surface area contributed by atoms with E-state index in [4.69, 9.17) is 9.97 Å². The third-order valence-corrected chi connectivity index (χ3v) is 9.37. The van der Waals surface area contributed by atoms with E-state index in [2.05, 4.69) is 157 Å². The molecule has 0 amide bonds. The van der Waals surface area contributed by atoms with Gasteiger partial charge in [0.1, 0.15) is 0 Å². The maximum absolute atomic E-state index is 5.19. The van der Waals surface area contributed by atoms with Gasteiger partial charge < -0.3 is 0 Å². The molecule has 0 fully saturated rings. The number of benzene rings is 7. The zero-order valence-electron chi connectivity index (χ0n) is 27.2. The van der Waals surface area contributed by atoms with Crippen LogP contribution < -0.4 is 0 Å². The summed E-state index contributed by atoms with van der Waals surface area (Å²) in [6.07, 6.45) is 3.71. The second-order valence-corrected chi connectivity index (χ2v) is 12.4. The molecule has 3 nitrogen and oxygen atoms in total. The molecule has 234 valence electrons. The summed E-state index contributed by atoms with van der Waals surface area (Å²) >= 11 is 0. The van der Waals surface area contributed by atoms with Crippen molar-refractivity contribution in [3.8, 4) is 67.3 Å². The number of hydrogen-bond acceptors (Lipinski definition) is 3. The Balaban J connectivity index is 1.26. The van der Waals surface area contributed by atoms with Crippen LogP contribution in [-0.2, 0) is 0 Å². The molecule has 7 aromatic carbocycles. The van der Waals surface area contributed by atoms with E-state index in [0.29, 0.717) is 5.82 Å². The monoisotopic (exact) mass is 637 g/mol. The van der Waals surface area contributed by atoms with E-state index < -0.39 is 0 Å². The molecular weight excluding hydrogens is 607 g/mol. The van der Waals surface area contributed by atoms with E-state index >= 15 is 0 Å². The van der Waals surface area contributed by atoms with Crippen LogP contribution in [0.3, 0.4) is 0 Å². The van der Waals surface area contributed by atoms with Gasteiger partial charge in [0.25, 0.3) is 0 Å². The van der Waals surface area contributed by atoms with E-state index in [1.807, 2.05) is 30.5 Å². The lowest BCUT2D eigenvalue weighted by atomic mass is 9.85. The SMILES string of the molecule is c1ccc(-c2nc(-c3cccc(-c4c5ccccc5c(-c5ccccc5)c5ccccc45)c3)cc(-c3ccccc3-c3cccnc3)n2)cc1. The fraction of sp³-hybridized carbons (Fsp3) is 0. The van der Waals surface area contributed by atoms with Crippen LogP contribution in [0, 0.1) is 0 Å². The molecule has 2 aromatic heterocycles.